The average Bonchev–Trinajstić information content (AvgIpc) is 3.17. The highest BCUT2D eigenvalue weighted by Gasteiger charge is 2.26. The number of nitrogens with one attached hydrogen (secondary N) is 1. The van der Waals surface area contributed by atoms with Crippen LogP contribution in [0.2, 0.25) is 0 Å². The number of carbonyl (C=O) groups excluding carboxylic acids is 2. The number of nitrogens with zero attached hydrogens (tertiary/aromatic N) is 3. The Morgan fingerprint density at radius 1 is 1.44 bits per heavy atom. The molecule has 7 nitrogen and oxygen atoms in total. The predicted molar refractivity (Wildman–Crippen MR) is 85.5 cm³/mol. The van der Waals surface area contributed by atoms with Crippen LogP contribution in [0.25, 0.3) is 0 Å². The van der Waals surface area contributed by atoms with E-state index in [4.69, 9.17) is 4.74 Å². The summed E-state index contributed by atoms with van der Waals surface area (Å²) < 4.78 is 31.2. The van der Waals surface area contributed by atoms with Gasteiger partial charge in [0.25, 0.3) is 5.91 Å². The number of H-pyrrole nitrogens is 1. The number of imidazole rings is 1. The van der Waals surface area contributed by atoms with Gasteiger partial charge in [-0.15, -0.1) is 0 Å². The Balaban J connectivity index is 2.29. The first-order valence-corrected chi connectivity index (χ1v) is 7.66. The highest BCUT2D eigenvalue weighted by atomic mass is 19.3. The normalized spacial score (nSPS) is 11.0. The molecule has 0 spiro atoms. The molecule has 0 aliphatic carbocycles. The van der Waals surface area contributed by atoms with E-state index in [2.05, 4.69) is 9.97 Å². The maximum absolute atomic E-state index is 12.9. The van der Waals surface area contributed by atoms with E-state index in [9.17, 15) is 18.4 Å². The van der Waals surface area contributed by atoms with Gasteiger partial charge in [0.2, 0.25) is 0 Å². The molecule has 0 radical (unpaired) electrons. The summed E-state index contributed by atoms with van der Waals surface area (Å²) >= 11 is 0. The van der Waals surface area contributed by atoms with Crippen LogP contribution in [-0.4, -0.2) is 45.5 Å². The molecule has 0 aromatic carbocycles. The van der Waals surface area contributed by atoms with Crippen LogP contribution in [-0.2, 0) is 17.7 Å². The number of aryl methyl sites for hydroxylation is 1. The van der Waals surface area contributed by atoms with Crippen LogP contribution in [0, 0.1) is 6.92 Å². The standard InChI is InChI=1S/C16H20F2N4O3/c1-5-10-12(15(24)25-4)9(2)13(20-10)14(23)21(3)8-11-19-6-7-22(11)16(17)18/h6-7,16,20H,5,8H2,1-4H3. The molecule has 136 valence electrons. The molecule has 0 saturated heterocycles. The Morgan fingerprint density at radius 2 is 2.12 bits per heavy atom. The molecule has 0 bridgehead atoms. The van der Waals surface area contributed by atoms with Gasteiger partial charge in [-0.25, -0.2) is 9.78 Å². The Labute approximate surface area is 143 Å². The third kappa shape index (κ3) is 3.54. The molecule has 0 fully saturated rings. The minimum absolute atomic E-state index is 0.0685. The second-order valence-electron chi connectivity index (χ2n) is 5.51. The number of aromatic nitrogens is 3. The van der Waals surface area contributed by atoms with Gasteiger partial charge in [-0.2, -0.15) is 8.78 Å². The van der Waals surface area contributed by atoms with Crippen LogP contribution in [0.15, 0.2) is 12.4 Å². The van der Waals surface area contributed by atoms with Crippen LogP contribution >= 0.6 is 0 Å². The number of rotatable bonds is 6. The van der Waals surface area contributed by atoms with Gasteiger partial charge in [0, 0.05) is 25.1 Å². The fourth-order valence-corrected chi connectivity index (χ4v) is 2.63. The molecule has 1 N–H and O–H groups in total. The molecule has 0 atom stereocenters. The number of alkyl halides is 2. The average molecular weight is 354 g/mol. The second-order valence-corrected chi connectivity index (χ2v) is 5.51. The third-order valence-corrected chi connectivity index (χ3v) is 3.97. The predicted octanol–water partition coefficient (Wildman–Crippen LogP) is 2.54. The zero-order valence-corrected chi connectivity index (χ0v) is 14.5. The van der Waals surface area contributed by atoms with Gasteiger partial charge in [0.05, 0.1) is 19.2 Å². The topological polar surface area (TPSA) is 80.2 Å². The summed E-state index contributed by atoms with van der Waals surface area (Å²) in [5.74, 6) is -0.884. The van der Waals surface area contributed by atoms with Crippen molar-refractivity contribution in [3.05, 3.63) is 40.7 Å². The summed E-state index contributed by atoms with van der Waals surface area (Å²) in [5, 5.41) is 0. The molecule has 9 heteroatoms. The van der Waals surface area contributed by atoms with Crippen LogP contribution in [0.3, 0.4) is 0 Å². The summed E-state index contributed by atoms with van der Waals surface area (Å²) in [6, 6.07) is 0. The molecule has 25 heavy (non-hydrogen) atoms. The van der Waals surface area contributed by atoms with Gasteiger partial charge < -0.3 is 14.6 Å². The first kappa shape index (κ1) is 18.6. The summed E-state index contributed by atoms with van der Waals surface area (Å²) in [6.45, 7) is 0.660. The number of aromatic amines is 1. The minimum Gasteiger partial charge on any atom is -0.465 e. The molecule has 2 heterocycles. The fourth-order valence-electron chi connectivity index (χ4n) is 2.63. The van der Waals surface area contributed by atoms with Crippen LogP contribution < -0.4 is 0 Å². The fraction of sp³-hybridized carbons (Fsp3) is 0.438. The Bertz CT molecular complexity index is 782. The number of carbonyl (C=O) groups is 2. The number of hydrogen-bond donors (Lipinski definition) is 1. The quantitative estimate of drug-likeness (QED) is 0.809. The van der Waals surface area contributed by atoms with Gasteiger partial charge in [-0.3, -0.25) is 9.36 Å². The Morgan fingerprint density at radius 3 is 2.68 bits per heavy atom. The molecule has 2 rings (SSSR count). The van der Waals surface area contributed by atoms with E-state index >= 15 is 0 Å². The number of hydrogen-bond acceptors (Lipinski definition) is 4. The van der Waals surface area contributed by atoms with Crippen LogP contribution in [0.4, 0.5) is 8.78 Å². The lowest BCUT2D eigenvalue weighted by Crippen LogP contribution is -2.28. The lowest BCUT2D eigenvalue weighted by atomic mass is 10.1. The number of halogens is 2. The summed E-state index contributed by atoms with van der Waals surface area (Å²) in [7, 11) is 2.75. The van der Waals surface area contributed by atoms with Gasteiger partial charge in [0.15, 0.2) is 0 Å². The highest BCUT2D eigenvalue weighted by molar-refractivity contribution is 6.00. The largest absolute Gasteiger partial charge is 0.465 e. The zero-order chi connectivity index (χ0) is 18.7. The summed E-state index contributed by atoms with van der Waals surface area (Å²) in [4.78, 5) is 32.7. The maximum Gasteiger partial charge on any atom is 0.339 e. The van der Waals surface area contributed by atoms with Crippen molar-refractivity contribution in [1.82, 2.24) is 19.4 Å². The SMILES string of the molecule is CCc1[nH]c(C(=O)N(C)Cc2nccn2C(F)F)c(C)c1C(=O)OC. The van der Waals surface area contributed by atoms with Crippen molar-refractivity contribution >= 4 is 11.9 Å². The molecule has 2 aromatic heterocycles. The second kappa shape index (κ2) is 7.45. The lowest BCUT2D eigenvalue weighted by molar-refractivity contribution is 0.0597. The van der Waals surface area contributed by atoms with E-state index in [1.165, 1.54) is 25.3 Å². The summed E-state index contributed by atoms with van der Waals surface area (Å²) in [5.41, 5.74) is 1.62. The molecule has 0 saturated carbocycles. The van der Waals surface area contributed by atoms with E-state index in [0.29, 0.717) is 27.8 Å². The first-order chi connectivity index (χ1) is 11.8. The molecule has 2 aromatic rings. The molecule has 0 aliphatic heterocycles. The van der Waals surface area contributed by atoms with Crippen molar-refractivity contribution in [3.63, 3.8) is 0 Å². The number of esters is 1. The van der Waals surface area contributed by atoms with Crippen molar-refractivity contribution in [2.45, 2.75) is 33.4 Å². The van der Waals surface area contributed by atoms with Crippen molar-refractivity contribution in [2.75, 3.05) is 14.2 Å². The van der Waals surface area contributed by atoms with Crippen LogP contribution in [0.1, 0.15) is 51.4 Å². The molecular weight excluding hydrogens is 334 g/mol. The minimum atomic E-state index is -2.73. The van der Waals surface area contributed by atoms with E-state index < -0.39 is 18.4 Å². The Hall–Kier alpha value is -2.71. The number of methoxy groups -OCH3 is 1. The Kier molecular flexibility index (Phi) is 5.55. The van der Waals surface area contributed by atoms with Crippen molar-refractivity contribution < 1.29 is 23.1 Å². The van der Waals surface area contributed by atoms with Crippen molar-refractivity contribution in [1.29, 1.82) is 0 Å². The molecule has 1 amide bonds. The van der Waals surface area contributed by atoms with E-state index in [0.717, 1.165) is 6.20 Å². The van der Waals surface area contributed by atoms with Gasteiger partial charge in [-0.05, 0) is 18.9 Å². The zero-order valence-electron chi connectivity index (χ0n) is 14.5. The van der Waals surface area contributed by atoms with Gasteiger partial charge >= 0.3 is 12.5 Å². The molecule has 0 unspecified atom stereocenters. The van der Waals surface area contributed by atoms with E-state index in [1.807, 2.05) is 6.92 Å². The van der Waals surface area contributed by atoms with Gasteiger partial charge in [-0.1, -0.05) is 6.92 Å². The van der Waals surface area contributed by atoms with Crippen LogP contribution in [0.5, 0.6) is 0 Å². The van der Waals surface area contributed by atoms with Crippen molar-refractivity contribution in [3.8, 4) is 0 Å². The van der Waals surface area contributed by atoms with Gasteiger partial charge in [0.1, 0.15) is 11.5 Å². The lowest BCUT2D eigenvalue weighted by Gasteiger charge is -2.17. The molecular formula is C16H20F2N4O3. The smallest absolute Gasteiger partial charge is 0.339 e. The number of amides is 1. The maximum atomic E-state index is 12.9. The first-order valence-electron chi connectivity index (χ1n) is 7.66. The third-order valence-electron chi connectivity index (χ3n) is 3.97. The highest BCUT2D eigenvalue weighted by Crippen LogP contribution is 2.22. The monoisotopic (exact) mass is 354 g/mol. The molecule has 0 aliphatic rings. The summed E-state index contributed by atoms with van der Waals surface area (Å²) in [6.07, 6.45) is 2.92. The van der Waals surface area contributed by atoms with E-state index in [1.54, 1.807) is 6.92 Å². The van der Waals surface area contributed by atoms with Crippen molar-refractivity contribution in [2.24, 2.45) is 0 Å². The van der Waals surface area contributed by atoms with E-state index in [-0.39, 0.29) is 18.1 Å². The number of ether oxygens (including phenoxy) is 1.